The maximum atomic E-state index is 13.6. The molecule has 0 spiro atoms. The molecule has 0 bridgehead atoms. The first-order valence-electron chi connectivity index (χ1n) is 4.95. The van der Waals surface area contributed by atoms with Crippen LogP contribution in [-0.2, 0) is 4.74 Å². The molecule has 1 fully saturated rings. The molecule has 8 heteroatoms. The molecule has 0 saturated carbocycles. The Morgan fingerprint density at radius 2 is 2.22 bits per heavy atom. The van der Waals surface area contributed by atoms with Gasteiger partial charge in [0.05, 0.1) is 4.92 Å². The van der Waals surface area contributed by atoms with Crippen molar-refractivity contribution in [2.24, 2.45) is 0 Å². The quantitative estimate of drug-likeness (QED) is 0.649. The molecule has 0 radical (unpaired) electrons. The van der Waals surface area contributed by atoms with E-state index >= 15 is 0 Å². The van der Waals surface area contributed by atoms with E-state index in [1.54, 1.807) is 0 Å². The van der Waals surface area contributed by atoms with E-state index in [0.29, 0.717) is 0 Å². The Morgan fingerprint density at radius 1 is 1.50 bits per heavy atom. The van der Waals surface area contributed by atoms with Crippen LogP contribution < -0.4 is 5.32 Å². The maximum Gasteiger partial charge on any atom is 0.408 e. The van der Waals surface area contributed by atoms with Crippen molar-refractivity contribution in [2.75, 3.05) is 6.61 Å². The third kappa shape index (κ3) is 2.22. The molecule has 0 aromatic heterocycles. The summed E-state index contributed by atoms with van der Waals surface area (Å²) in [6.45, 7) is -1.05. The van der Waals surface area contributed by atoms with Gasteiger partial charge in [0.15, 0.2) is 6.61 Å². The molecular weight excluding hydrogens is 250 g/mol. The third-order valence-electron chi connectivity index (χ3n) is 2.49. The number of nitrogens with zero attached hydrogens (tertiary/aromatic N) is 1. The molecule has 6 nitrogen and oxygen atoms in total. The van der Waals surface area contributed by atoms with Crippen molar-refractivity contribution in [2.45, 2.75) is 12.0 Å². The summed E-state index contributed by atoms with van der Waals surface area (Å²) in [6.07, 6.45) is -0.975. The molecule has 0 unspecified atom stereocenters. The molecule has 96 valence electrons. The van der Waals surface area contributed by atoms with E-state index in [1.807, 2.05) is 5.32 Å². The summed E-state index contributed by atoms with van der Waals surface area (Å²) in [4.78, 5) is 20.8. The Kier molecular flexibility index (Phi) is 2.85. The SMILES string of the molecule is O=C1N[C@@H](c2cccc([N+](=O)[O-])c2)C(F)(F)CO1. The molecule has 1 N–H and O–H groups in total. The minimum Gasteiger partial charge on any atom is -0.443 e. The number of nitro benzene ring substituents is 1. The van der Waals surface area contributed by atoms with Gasteiger partial charge in [-0.3, -0.25) is 10.1 Å². The number of halogens is 2. The first-order valence-corrected chi connectivity index (χ1v) is 4.95. The first-order chi connectivity index (χ1) is 8.40. The number of non-ortho nitro benzene ring substituents is 1. The molecule has 1 aromatic rings. The number of carbonyl (C=O) groups is 1. The van der Waals surface area contributed by atoms with Gasteiger partial charge in [-0.25, -0.2) is 13.6 Å². The van der Waals surface area contributed by atoms with Crippen molar-refractivity contribution < 1.29 is 23.2 Å². The highest BCUT2D eigenvalue weighted by atomic mass is 19.3. The normalized spacial score (nSPS) is 21.9. The number of amides is 1. The highest BCUT2D eigenvalue weighted by Crippen LogP contribution is 2.35. The number of carbonyl (C=O) groups excluding carboxylic acids is 1. The van der Waals surface area contributed by atoms with Gasteiger partial charge < -0.3 is 10.1 Å². The lowest BCUT2D eigenvalue weighted by Gasteiger charge is -2.31. The zero-order valence-corrected chi connectivity index (χ0v) is 8.93. The van der Waals surface area contributed by atoms with Gasteiger partial charge in [0.1, 0.15) is 6.04 Å². The van der Waals surface area contributed by atoms with E-state index in [4.69, 9.17) is 0 Å². The average Bonchev–Trinajstić information content (AvgIpc) is 2.32. The Morgan fingerprint density at radius 3 is 2.89 bits per heavy atom. The Hall–Kier alpha value is -2.25. The number of benzene rings is 1. The molecule has 1 amide bonds. The standard InChI is InChI=1S/C10H8F2N2O4/c11-10(12)5-18-9(15)13-8(10)6-2-1-3-7(4-6)14(16)17/h1-4,8H,5H2,(H,13,15)/t8-/m0/s1. The Labute approximate surface area is 99.7 Å². The number of ether oxygens (including phenoxy) is 1. The molecule has 1 aromatic carbocycles. The van der Waals surface area contributed by atoms with Gasteiger partial charge in [-0.15, -0.1) is 0 Å². The minimum atomic E-state index is -3.32. The fourth-order valence-electron chi connectivity index (χ4n) is 1.66. The van der Waals surface area contributed by atoms with Crippen LogP contribution in [0.15, 0.2) is 24.3 Å². The molecule has 1 aliphatic rings. The predicted octanol–water partition coefficient (Wildman–Crippen LogP) is 2.01. The topological polar surface area (TPSA) is 81.5 Å². The summed E-state index contributed by atoms with van der Waals surface area (Å²) >= 11 is 0. The van der Waals surface area contributed by atoms with Crippen LogP contribution in [0.2, 0.25) is 0 Å². The lowest BCUT2D eigenvalue weighted by atomic mass is 10.00. The molecule has 2 rings (SSSR count). The summed E-state index contributed by atoms with van der Waals surface area (Å²) in [5.41, 5.74) is -0.352. The number of nitrogens with one attached hydrogen (secondary N) is 1. The molecule has 0 aliphatic carbocycles. The van der Waals surface area contributed by atoms with Gasteiger partial charge in [-0.1, -0.05) is 12.1 Å². The molecule has 18 heavy (non-hydrogen) atoms. The van der Waals surface area contributed by atoms with Crippen molar-refractivity contribution in [3.63, 3.8) is 0 Å². The Balaban J connectivity index is 2.37. The second-order valence-corrected chi connectivity index (χ2v) is 3.77. The van der Waals surface area contributed by atoms with Crippen molar-refractivity contribution in [1.82, 2.24) is 5.32 Å². The first kappa shape index (κ1) is 12.2. The smallest absolute Gasteiger partial charge is 0.408 e. The fraction of sp³-hybridized carbons (Fsp3) is 0.300. The van der Waals surface area contributed by atoms with Crippen molar-refractivity contribution >= 4 is 11.8 Å². The van der Waals surface area contributed by atoms with E-state index in [2.05, 4.69) is 4.74 Å². The summed E-state index contributed by atoms with van der Waals surface area (Å²) in [6, 6.07) is 3.13. The zero-order valence-electron chi connectivity index (χ0n) is 8.93. The van der Waals surface area contributed by atoms with E-state index in [-0.39, 0.29) is 11.3 Å². The van der Waals surface area contributed by atoms with Gasteiger partial charge in [-0.05, 0) is 5.56 Å². The largest absolute Gasteiger partial charge is 0.443 e. The van der Waals surface area contributed by atoms with Gasteiger partial charge >= 0.3 is 12.0 Å². The fourth-order valence-corrected chi connectivity index (χ4v) is 1.66. The van der Waals surface area contributed by atoms with Crippen molar-refractivity contribution in [3.05, 3.63) is 39.9 Å². The van der Waals surface area contributed by atoms with Crippen LogP contribution >= 0.6 is 0 Å². The summed E-state index contributed by atoms with van der Waals surface area (Å²) in [5.74, 6) is -3.32. The summed E-state index contributed by atoms with van der Waals surface area (Å²) in [5, 5.41) is 12.5. The molecule has 1 atom stereocenters. The summed E-state index contributed by atoms with van der Waals surface area (Å²) in [7, 11) is 0. The number of rotatable bonds is 2. The lowest BCUT2D eigenvalue weighted by Crippen LogP contribution is -2.49. The number of hydrogen-bond donors (Lipinski definition) is 1. The predicted molar refractivity (Wildman–Crippen MR) is 55.3 cm³/mol. The minimum absolute atomic E-state index is 0.0362. The molecule has 1 heterocycles. The van der Waals surface area contributed by atoms with Crippen LogP contribution in [-0.4, -0.2) is 23.5 Å². The molecule has 1 aliphatic heterocycles. The van der Waals surface area contributed by atoms with Crippen LogP contribution in [0.25, 0.3) is 0 Å². The van der Waals surface area contributed by atoms with Crippen molar-refractivity contribution in [1.29, 1.82) is 0 Å². The number of nitro groups is 1. The van der Waals surface area contributed by atoms with E-state index in [9.17, 15) is 23.7 Å². The molecular formula is C10H8F2N2O4. The van der Waals surface area contributed by atoms with Crippen LogP contribution in [0.5, 0.6) is 0 Å². The van der Waals surface area contributed by atoms with Gasteiger partial charge in [0.2, 0.25) is 0 Å². The number of alkyl carbamates (subject to hydrolysis) is 1. The highest BCUT2D eigenvalue weighted by Gasteiger charge is 2.47. The third-order valence-corrected chi connectivity index (χ3v) is 2.49. The maximum absolute atomic E-state index is 13.6. The number of alkyl halides is 2. The van der Waals surface area contributed by atoms with E-state index in [1.165, 1.54) is 18.2 Å². The monoisotopic (exact) mass is 258 g/mol. The van der Waals surface area contributed by atoms with Gasteiger partial charge in [-0.2, -0.15) is 0 Å². The highest BCUT2D eigenvalue weighted by molar-refractivity contribution is 5.69. The zero-order chi connectivity index (χ0) is 13.3. The van der Waals surface area contributed by atoms with Crippen LogP contribution in [0, 0.1) is 10.1 Å². The lowest BCUT2D eigenvalue weighted by molar-refractivity contribution is -0.385. The second kappa shape index (κ2) is 4.21. The average molecular weight is 258 g/mol. The van der Waals surface area contributed by atoms with Crippen molar-refractivity contribution in [3.8, 4) is 0 Å². The Bertz CT molecular complexity index is 506. The van der Waals surface area contributed by atoms with E-state index < -0.39 is 29.6 Å². The number of cyclic esters (lactones) is 1. The number of hydrogen-bond acceptors (Lipinski definition) is 4. The summed E-state index contributed by atoms with van der Waals surface area (Å²) < 4.78 is 31.3. The van der Waals surface area contributed by atoms with Crippen LogP contribution in [0.1, 0.15) is 11.6 Å². The van der Waals surface area contributed by atoms with E-state index in [0.717, 1.165) is 6.07 Å². The molecule has 1 saturated heterocycles. The van der Waals surface area contributed by atoms with Gasteiger partial charge in [0, 0.05) is 12.1 Å². The van der Waals surface area contributed by atoms with Gasteiger partial charge in [0.25, 0.3) is 5.69 Å². The second-order valence-electron chi connectivity index (χ2n) is 3.77. The van der Waals surface area contributed by atoms with Crippen LogP contribution in [0.4, 0.5) is 19.3 Å². The van der Waals surface area contributed by atoms with Crippen LogP contribution in [0.3, 0.4) is 0 Å².